The normalized spacial score (nSPS) is 15.1. The zero-order valence-electron chi connectivity index (χ0n) is 8.27. The lowest BCUT2D eigenvalue weighted by molar-refractivity contribution is 0.0971. The Morgan fingerprint density at radius 1 is 1.57 bits per heavy atom. The number of ether oxygens (including phenoxy) is 1. The van der Waals surface area contributed by atoms with Crippen molar-refractivity contribution in [2.24, 2.45) is 0 Å². The average Bonchev–Trinajstić information content (AvgIpc) is 2.64. The van der Waals surface area contributed by atoms with E-state index in [0.717, 1.165) is 13.1 Å². The van der Waals surface area contributed by atoms with Crippen LogP contribution in [-0.4, -0.2) is 28.7 Å². The van der Waals surface area contributed by atoms with Crippen molar-refractivity contribution in [2.75, 3.05) is 13.2 Å². The molecule has 1 amide bonds. The van der Waals surface area contributed by atoms with E-state index in [-0.39, 0.29) is 6.09 Å². The molecule has 0 saturated heterocycles. The van der Waals surface area contributed by atoms with Crippen molar-refractivity contribution in [3.63, 3.8) is 0 Å². The molecule has 76 valence electrons. The first kappa shape index (κ1) is 9.12. The van der Waals surface area contributed by atoms with Crippen LogP contribution in [0.5, 0.6) is 0 Å². The minimum atomic E-state index is -0.208. The molecule has 1 aliphatic rings. The van der Waals surface area contributed by atoms with Crippen LogP contribution in [0.3, 0.4) is 0 Å². The number of rotatable bonds is 1. The van der Waals surface area contributed by atoms with Gasteiger partial charge in [0.1, 0.15) is 0 Å². The van der Waals surface area contributed by atoms with Gasteiger partial charge >= 0.3 is 6.09 Å². The van der Waals surface area contributed by atoms with Crippen molar-refractivity contribution in [3.05, 3.63) is 24.0 Å². The number of fused-ring (bicyclic) bond motifs is 1. The summed E-state index contributed by atoms with van der Waals surface area (Å²) in [4.78, 5) is 13.2. The predicted molar refractivity (Wildman–Crippen MR) is 51.9 cm³/mol. The van der Waals surface area contributed by atoms with Gasteiger partial charge in [0.25, 0.3) is 0 Å². The highest BCUT2D eigenvalue weighted by Gasteiger charge is 2.20. The highest BCUT2D eigenvalue weighted by molar-refractivity contribution is 5.67. The SMILES string of the molecule is CCOC(=O)N1CCn2cccc2C1. The van der Waals surface area contributed by atoms with Gasteiger partial charge in [0.05, 0.1) is 13.2 Å². The fourth-order valence-corrected chi connectivity index (χ4v) is 1.68. The Hall–Kier alpha value is -1.45. The van der Waals surface area contributed by atoms with Crippen LogP contribution in [0.25, 0.3) is 0 Å². The number of carbonyl (C=O) groups is 1. The van der Waals surface area contributed by atoms with Crippen LogP contribution in [0.1, 0.15) is 12.6 Å². The number of aromatic nitrogens is 1. The summed E-state index contributed by atoms with van der Waals surface area (Å²) in [6.07, 6.45) is 1.83. The molecule has 0 saturated carbocycles. The van der Waals surface area contributed by atoms with Crippen molar-refractivity contribution in [1.29, 1.82) is 0 Å². The Bertz CT molecular complexity index is 333. The third kappa shape index (κ3) is 1.60. The molecule has 4 heteroatoms. The molecule has 1 aliphatic heterocycles. The van der Waals surface area contributed by atoms with Gasteiger partial charge in [0.2, 0.25) is 0 Å². The summed E-state index contributed by atoms with van der Waals surface area (Å²) in [7, 11) is 0. The van der Waals surface area contributed by atoms with E-state index in [1.807, 2.05) is 25.3 Å². The molecule has 2 rings (SSSR count). The van der Waals surface area contributed by atoms with Gasteiger partial charge in [-0.05, 0) is 19.1 Å². The molecule has 1 aromatic heterocycles. The zero-order chi connectivity index (χ0) is 9.97. The molecule has 0 atom stereocenters. The molecule has 0 fully saturated rings. The number of hydrogen-bond acceptors (Lipinski definition) is 2. The Kier molecular flexibility index (Phi) is 2.43. The predicted octanol–water partition coefficient (Wildman–Crippen LogP) is 1.46. The van der Waals surface area contributed by atoms with Crippen molar-refractivity contribution < 1.29 is 9.53 Å². The molecule has 2 heterocycles. The maximum Gasteiger partial charge on any atom is 0.410 e. The molecule has 0 spiro atoms. The Morgan fingerprint density at radius 3 is 3.21 bits per heavy atom. The first-order valence-electron chi connectivity index (χ1n) is 4.87. The third-order valence-corrected chi connectivity index (χ3v) is 2.41. The van der Waals surface area contributed by atoms with Gasteiger partial charge in [-0.15, -0.1) is 0 Å². The number of nitrogens with zero attached hydrogens (tertiary/aromatic N) is 2. The largest absolute Gasteiger partial charge is 0.450 e. The zero-order valence-corrected chi connectivity index (χ0v) is 8.27. The topological polar surface area (TPSA) is 34.5 Å². The van der Waals surface area contributed by atoms with Crippen LogP contribution >= 0.6 is 0 Å². The summed E-state index contributed by atoms with van der Waals surface area (Å²) in [5, 5.41) is 0. The molecule has 4 nitrogen and oxygen atoms in total. The summed E-state index contributed by atoms with van der Waals surface area (Å²) in [5.74, 6) is 0. The minimum Gasteiger partial charge on any atom is -0.450 e. The lowest BCUT2D eigenvalue weighted by Gasteiger charge is -2.27. The van der Waals surface area contributed by atoms with Crippen molar-refractivity contribution >= 4 is 6.09 Å². The molecule has 0 radical (unpaired) electrons. The van der Waals surface area contributed by atoms with E-state index in [0.29, 0.717) is 13.2 Å². The average molecular weight is 194 g/mol. The number of hydrogen-bond donors (Lipinski definition) is 0. The minimum absolute atomic E-state index is 0.208. The molecule has 0 bridgehead atoms. The van der Waals surface area contributed by atoms with Gasteiger partial charge in [-0.25, -0.2) is 4.79 Å². The lowest BCUT2D eigenvalue weighted by atomic mass is 10.3. The first-order valence-corrected chi connectivity index (χ1v) is 4.87. The van der Waals surface area contributed by atoms with Crippen molar-refractivity contribution in [1.82, 2.24) is 9.47 Å². The van der Waals surface area contributed by atoms with Gasteiger partial charge in [0.15, 0.2) is 0 Å². The van der Waals surface area contributed by atoms with E-state index in [1.54, 1.807) is 4.90 Å². The monoisotopic (exact) mass is 194 g/mol. The molecule has 1 aromatic rings. The van der Waals surface area contributed by atoms with Gasteiger partial charge in [0, 0.05) is 25.0 Å². The maximum atomic E-state index is 11.4. The van der Waals surface area contributed by atoms with Gasteiger partial charge in [-0.1, -0.05) is 0 Å². The summed E-state index contributed by atoms with van der Waals surface area (Å²) in [6, 6.07) is 4.04. The Balaban J connectivity index is 2.04. The highest BCUT2D eigenvalue weighted by atomic mass is 16.6. The maximum absolute atomic E-state index is 11.4. The van der Waals surface area contributed by atoms with Crippen LogP contribution in [0, 0.1) is 0 Å². The van der Waals surface area contributed by atoms with Gasteiger partial charge in [-0.2, -0.15) is 0 Å². The molecule has 0 unspecified atom stereocenters. The molecule has 0 aromatic carbocycles. The standard InChI is InChI=1S/C10H14N2O2/c1-2-14-10(13)12-7-6-11-5-3-4-9(11)8-12/h3-5H,2,6-8H2,1H3. The second kappa shape index (κ2) is 3.74. The second-order valence-electron chi connectivity index (χ2n) is 3.31. The highest BCUT2D eigenvalue weighted by Crippen LogP contribution is 2.13. The van der Waals surface area contributed by atoms with E-state index >= 15 is 0 Å². The van der Waals surface area contributed by atoms with E-state index in [2.05, 4.69) is 4.57 Å². The van der Waals surface area contributed by atoms with Crippen LogP contribution in [0.15, 0.2) is 18.3 Å². The summed E-state index contributed by atoms with van der Waals surface area (Å²) in [6.45, 7) is 4.52. The second-order valence-corrected chi connectivity index (χ2v) is 3.31. The molecule has 0 aliphatic carbocycles. The Labute approximate surface area is 83.1 Å². The molecular formula is C10H14N2O2. The van der Waals surface area contributed by atoms with Gasteiger partial charge < -0.3 is 14.2 Å². The van der Waals surface area contributed by atoms with Crippen LogP contribution in [0.4, 0.5) is 4.79 Å². The van der Waals surface area contributed by atoms with E-state index < -0.39 is 0 Å². The first-order chi connectivity index (χ1) is 6.81. The Morgan fingerprint density at radius 2 is 2.43 bits per heavy atom. The van der Waals surface area contributed by atoms with Crippen LogP contribution in [0.2, 0.25) is 0 Å². The molecular weight excluding hydrogens is 180 g/mol. The van der Waals surface area contributed by atoms with Crippen LogP contribution in [-0.2, 0) is 17.8 Å². The summed E-state index contributed by atoms with van der Waals surface area (Å²) >= 11 is 0. The lowest BCUT2D eigenvalue weighted by Crippen LogP contribution is -2.38. The van der Waals surface area contributed by atoms with E-state index in [4.69, 9.17) is 4.74 Å². The number of amides is 1. The fraction of sp³-hybridized carbons (Fsp3) is 0.500. The van der Waals surface area contributed by atoms with Crippen molar-refractivity contribution in [2.45, 2.75) is 20.0 Å². The van der Waals surface area contributed by atoms with Crippen molar-refractivity contribution in [3.8, 4) is 0 Å². The molecule has 14 heavy (non-hydrogen) atoms. The summed E-state index contributed by atoms with van der Waals surface area (Å²) < 4.78 is 7.11. The van der Waals surface area contributed by atoms with E-state index in [1.165, 1.54) is 5.69 Å². The smallest absolute Gasteiger partial charge is 0.410 e. The third-order valence-electron chi connectivity index (χ3n) is 2.41. The van der Waals surface area contributed by atoms with Gasteiger partial charge in [-0.3, -0.25) is 0 Å². The summed E-state index contributed by atoms with van der Waals surface area (Å²) in [5.41, 5.74) is 1.17. The van der Waals surface area contributed by atoms with E-state index in [9.17, 15) is 4.79 Å². The fourth-order valence-electron chi connectivity index (χ4n) is 1.68. The molecule has 0 N–H and O–H groups in total. The number of carbonyl (C=O) groups excluding carboxylic acids is 1. The quantitative estimate of drug-likeness (QED) is 0.678. The van der Waals surface area contributed by atoms with Crippen LogP contribution < -0.4 is 0 Å².